The Bertz CT molecular complexity index is 627. The maximum atomic E-state index is 12.2. The summed E-state index contributed by atoms with van der Waals surface area (Å²) in [6.45, 7) is 2.46. The van der Waals surface area contributed by atoms with E-state index in [-0.39, 0.29) is 17.5 Å². The molecule has 1 heterocycles. The fourth-order valence-corrected chi connectivity index (χ4v) is 3.62. The molecule has 1 aliphatic heterocycles. The van der Waals surface area contributed by atoms with Crippen molar-refractivity contribution in [2.75, 3.05) is 26.2 Å². The lowest BCUT2D eigenvalue weighted by Gasteiger charge is -2.29. The Kier molecular flexibility index (Phi) is 5.46. The molecule has 0 unspecified atom stereocenters. The number of nitrogens with one attached hydrogen (secondary N) is 1. The second-order valence-corrected chi connectivity index (χ2v) is 7.04. The Morgan fingerprint density at radius 1 is 1.32 bits per heavy atom. The molecule has 1 aromatic rings. The van der Waals surface area contributed by atoms with Crippen LogP contribution in [0, 0.1) is 10.1 Å². The van der Waals surface area contributed by atoms with Gasteiger partial charge in [0.2, 0.25) is 10.0 Å². The number of nitrogens with two attached hydrogens (primary N) is 1. The van der Waals surface area contributed by atoms with Gasteiger partial charge in [-0.15, -0.1) is 0 Å². The molecule has 0 saturated carbocycles. The topological polar surface area (TPSA) is 119 Å². The quantitative estimate of drug-likeness (QED) is 0.572. The van der Waals surface area contributed by atoms with E-state index in [1.54, 1.807) is 0 Å². The summed E-state index contributed by atoms with van der Waals surface area (Å²) >= 11 is 0. The molecule has 122 valence electrons. The van der Waals surface area contributed by atoms with E-state index in [1.165, 1.54) is 24.3 Å². The van der Waals surface area contributed by atoms with Crippen LogP contribution < -0.4 is 10.5 Å². The Morgan fingerprint density at radius 3 is 2.59 bits per heavy atom. The molecule has 1 aromatic carbocycles. The van der Waals surface area contributed by atoms with Crippen molar-refractivity contribution >= 4 is 15.7 Å². The van der Waals surface area contributed by atoms with Crippen LogP contribution >= 0.6 is 0 Å². The van der Waals surface area contributed by atoms with Crippen molar-refractivity contribution in [2.45, 2.75) is 23.8 Å². The van der Waals surface area contributed by atoms with Crippen molar-refractivity contribution in [3.8, 4) is 0 Å². The van der Waals surface area contributed by atoms with Gasteiger partial charge in [0.05, 0.1) is 4.92 Å². The lowest BCUT2D eigenvalue weighted by Crippen LogP contribution is -2.43. The number of rotatable bonds is 6. The maximum Gasteiger partial charge on any atom is 0.289 e. The molecule has 0 aliphatic carbocycles. The lowest BCUT2D eigenvalue weighted by atomic mass is 10.1. The summed E-state index contributed by atoms with van der Waals surface area (Å²) in [6, 6.07) is 5.54. The van der Waals surface area contributed by atoms with Gasteiger partial charge in [0.25, 0.3) is 5.69 Å². The molecule has 1 aliphatic rings. The first-order valence-electron chi connectivity index (χ1n) is 7.11. The Labute approximate surface area is 129 Å². The molecule has 8 nitrogen and oxygen atoms in total. The first-order chi connectivity index (χ1) is 10.4. The lowest BCUT2D eigenvalue weighted by molar-refractivity contribution is -0.387. The number of para-hydroxylation sites is 1. The average molecular weight is 328 g/mol. The molecule has 0 aromatic heterocycles. The van der Waals surface area contributed by atoms with E-state index in [4.69, 9.17) is 5.73 Å². The minimum atomic E-state index is -3.89. The van der Waals surface area contributed by atoms with Crippen molar-refractivity contribution in [1.82, 2.24) is 9.62 Å². The Morgan fingerprint density at radius 2 is 1.95 bits per heavy atom. The van der Waals surface area contributed by atoms with Crippen LogP contribution in [0.15, 0.2) is 29.2 Å². The van der Waals surface area contributed by atoms with E-state index in [2.05, 4.69) is 9.62 Å². The number of nitro benzene ring substituents is 1. The Balaban J connectivity index is 1.96. The monoisotopic (exact) mass is 328 g/mol. The van der Waals surface area contributed by atoms with Gasteiger partial charge in [0, 0.05) is 25.2 Å². The van der Waals surface area contributed by atoms with Crippen LogP contribution in [-0.4, -0.2) is 50.5 Å². The standard InChI is InChI=1S/C13H20N4O4S/c14-11-5-8-16(9-6-11)10-7-15-22(20,21)13-4-2-1-3-12(13)17(18)19/h1-4,11,15H,5-10,14H2. The minimum absolute atomic E-state index is 0.212. The largest absolute Gasteiger partial charge is 0.328 e. The van der Waals surface area contributed by atoms with Crippen LogP contribution in [0.5, 0.6) is 0 Å². The first-order valence-corrected chi connectivity index (χ1v) is 8.59. The third kappa shape index (κ3) is 4.23. The third-order valence-corrected chi connectivity index (χ3v) is 5.21. The Hall–Kier alpha value is -1.55. The van der Waals surface area contributed by atoms with Crippen LogP contribution in [-0.2, 0) is 10.0 Å². The number of nitro groups is 1. The van der Waals surface area contributed by atoms with Crippen molar-refractivity contribution in [1.29, 1.82) is 0 Å². The summed E-state index contributed by atoms with van der Waals surface area (Å²) in [5.74, 6) is 0. The summed E-state index contributed by atoms with van der Waals surface area (Å²) in [5.41, 5.74) is 5.40. The number of benzene rings is 1. The van der Waals surface area contributed by atoms with Crippen LogP contribution in [0.3, 0.4) is 0 Å². The molecule has 9 heteroatoms. The second kappa shape index (κ2) is 7.14. The van der Waals surface area contributed by atoms with Crippen molar-refractivity contribution < 1.29 is 13.3 Å². The summed E-state index contributed by atoms with van der Waals surface area (Å²) in [7, 11) is -3.89. The molecule has 0 radical (unpaired) electrons. The fraction of sp³-hybridized carbons (Fsp3) is 0.538. The molecular formula is C13H20N4O4S. The summed E-state index contributed by atoms with van der Waals surface area (Å²) in [6.07, 6.45) is 1.80. The normalized spacial score (nSPS) is 17.5. The molecule has 1 saturated heterocycles. The van der Waals surface area contributed by atoms with Crippen molar-refractivity contribution in [3.05, 3.63) is 34.4 Å². The number of nitrogens with zero attached hydrogens (tertiary/aromatic N) is 2. The van der Waals surface area contributed by atoms with Gasteiger partial charge in [-0.05, 0) is 32.0 Å². The molecular weight excluding hydrogens is 308 g/mol. The first kappa shape index (κ1) is 16.8. The highest BCUT2D eigenvalue weighted by molar-refractivity contribution is 7.89. The molecule has 0 atom stereocenters. The van der Waals surface area contributed by atoms with Gasteiger partial charge in [0.15, 0.2) is 4.90 Å². The fourth-order valence-electron chi connectivity index (χ4n) is 2.43. The van der Waals surface area contributed by atoms with Gasteiger partial charge in [-0.2, -0.15) is 0 Å². The van der Waals surface area contributed by atoms with Gasteiger partial charge in [-0.25, -0.2) is 13.1 Å². The summed E-state index contributed by atoms with van der Waals surface area (Å²) in [5, 5.41) is 10.9. The highest BCUT2D eigenvalue weighted by Crippen LogP contribution is 2.22. The zero-order valence-electron chi connectivity index (χ0n) is 12.1. The van der Waals surface area contributed by atoms with Crippen LogP contribution in [0.4, 0.5) is 5.69 Å². The molecule has 22 heavy (non-hydrogen) atoms. The third-order valence-electron chi connectivity index (χ3n) is 3.70. The van der Waals surface area contributed by atoms with E-state index in [9.17, 15) is 18.5 Å². The highest BCUT2D eigenvalue weighted by atomic mass is 32.2. The van der Waals surface area contributed by atoms with Gasteiger partial charge < -0.3 is 10.6 Å². The predicted octanol–water partition coefficient (Wildman–Crippen LogP) is 0.296. The number of hydrogen-bond acceptors (Lipinski definition) is 6. The second-order valence-electron chi connectivity index (χ2n) is 5.30. The van der Waals surface area contributed by atoms with Gasteiger partial charge in [-0.1, -0.05) is 12.1 Å². The summed E-state index contributed by atoms with van der Waals surface area (Å²) in [4.78, 5) is 12.0. The van der Waals surface area contributed by atoms with E-state index in [0.717, 1.165) is 25.9 Å². The molecule has 0 spiro atoms. The van der Waals surface area contributed by atoms with Crippen LogP contribution in [0.25, 0.3) is 0 Å². The number of piperidine rings is 1. The summed E-state index contributed by atoms with van der Waals surface area (Å²) < 4.78 is 26.8. The molecule has 3 N–H and O–H groups in total. The SMILES string of the molecule is NC1CCN(CCNS(=O)(=O)c2ccccc2[N+](=O)[O-])CC1. The van der Waals surface area contributed by atoms with E-state index >= 15 is 0 Å². The smallest absolute Gasteiger partial charge is 0.289 e. The minimum Gasteiger partial charge on any atom is -0.328 e. The van der Waals surface area contributed by atoms with E-state index in [0.29, 0.717) is 6.54 Å². The number of hydrogen-bond donors (Lipinski definition) is 2. The van der Waals surface area contributed by atoms with Crippen LogP contribution in [0.2, 0.25) is 0 Å². The number of likely N-dealkylation sites (tertiary alicyclic amines) is 1. The zero-order valence-corrected chi connectivity index (χ0v) is 13.0. The zero-order chi connectivity index (χ0) is 16.2. The van der Waals surface area contributed by atoms with E-state index < -0.39 is 20.6 Å². The van der Waals surface area contributed by atoms with Crippen LogP contribution in [0.1, 0.15) is 12.8 Å². The maximum absolute atomic E-state index is 12.2. The molecule has 0 bridgehead atoms. The van der Waals surface area contributed by atoms with Crippen molar-refractivity contribution in [3.63, 3.8) is 0 Å². The van der Waals surface area contributed by atoms with Gasteiger partial charge >= 0.3 is 0 Å². The predicted molar refractivity (Wildman–Crippen MR) is 81.9 cm³/mol. The van der Waals surface area contributed by atoms with Gasteiger partial charge in [0.1, 0.15) is 0 Å². The number of sulfonamides is 1. The van der Waals surface area contributed by atoms with E-state index in [1.807, 2.05) is 0 Å². The van der Waals surface area contributed by atoms with Crippen molar-refractivity contribution in [2.24, 2.45) is 5.73 Å². The average Bonchev–Trinajstić information content (AvgIpc) is 2.49. The molecule has 2 rings (SSSR count). The molecule has 0 amide bonds. The van der Waals surface area contributed by atoms with Gasteiger partial charge in [-0.3, -0.25) is 10.1 Å². The molecule has 1 fully saturated rings. The highest BCUT2D eigenvalue weighted by Gasteiger charge is 2.25.